The standard InChI is InChI=1S/C7H9N3O3S/c1-4-6-3-14(12,13)8-2-5(6)7(11)10-9-4/h8H,2-3H2,1H3,(H,10,11). The summed E-state index contributed by atoms with van der Waals surface area (Å²) in [6, 6.07) is 0. The Morgan fingerprint density at radius 2 is 2.07 bits per heavy atom. The summed E-state index contributed by atoms with van der Waals surface area (Å²) in [5.41, 5.74) is 1.22. The fraction of sp³-hybridized carbons (Fsp3) is 0.429. The van der Waals surface area contributed by atoms with Gasteiger partial charge >= 0.3 is 0 Å². The molecule has 2 rings (SSSR count). The van der Waals surface area contributed by atoms with E-state index in [0.717, 1.165) is 0 Å². The maximum atomic E-state index is 11.3. The molecule has 1 aliphatic heterocycles. The molecule has 0 unspecified atom stereocenters. The van der Waals surface area contributed by atoms with Crippen LogP contribution in [0.25, 0.3) is 0 Å². The highest BCUT2D eigenvalue weighted by Gasteiger charge is 2.24. The molecule has 0 bridgehead atoms. The van der Waals surface area contributed by atoms with E-state index in [1.54, 1.807) is 6.92 Å². The number of sulfonamides is 1. The summed E-state index contributed by atoms with van der Waals surface area (Å²) in [6.45, 7) is 1.73. The highest BCUT2D eigenvalue weighted by Crippen LogP contribution is 2.15. The van der Waals surface area contributed by atoms with Gasteiger partial charge in [-0.05, 0) is 6.92 Å². The summed E-state index contributed by atoms with van der Waals surface area (Å²) in [7, 11) is -3.28. The number of hydrogen-bond donors (Lipinski definition) is 2. The minimum Gasteiger partial charge on any atom is -0.268 e. The van der Waals surface area contributed by atoms with Gasteiger partial charge in [0.05, 0.1) is 11.4 Å². The van der Waals surface area contributed by atoms with E-state index < -0.39 is 10.0 Å². The topological polar surface area (TPSA) is 91.9 Å². The van der Waals surface area contributed by atoms with Crippen molar-refractivity contribution in [2.24, 2.45) is 0 Å². The fourth-order valence-corrected chi connectivity index (χ4v) is 2.66. The van der Waals surface area contributed by atoms with Crippen LogP contribution in [0.3, 0.4) is 0 Å². The average molecular weight is 215 g/mol. The first-order valence-corrected chi connectivity index (χ1v) is 5.69. The van der Waals surface area contributed by atoms with E-state index in [9.17, 15) is 13.2 Å². The lowest BCUT2D eigenvalue weighted by atomic mass is 10.1. The maximum Gasteiger partial charge on any atom is 0.269 e. The summed E-state index contributed by atoms with van der Waals surface area (Å²) in [4.78, 5) is 11.3. The molecule has 6 nitrogen and oxygen atoms in total. The Labute approximate surface area is 80.4 Å². The van der Waals surface area contributed by atoms with Crippen LogP contribution in [0.15, 0.2) is 4.79 Å². The van der Waals surface area contributed by atoms with Crippen molar-refractivity contribution in [3.8, 4) is 0 Å². The number of aromatic amines is 1. The molecule has 0 atom stereocenters. The zero-order valence-electron chi connectivity index (χ0n) is 7.49. The van der Waals surface area contributed by atoms with Crippen LogP contribution in [0.5, 0.6) is 0 Å². The lowest BCUT2D eigenvalue weighted by Gasteiger charge is -2.17. The molecule has 0 aromatic carbocycles. The fourth-order valence-electron chi connectivity index (χ4n) is 1.43. The zero-order valence-corrected chi connectivity index (χ0v) is 8.31. The van der Waals surface area contributed by atoms with Gasteiger partial charge in [0, 0.05) is 17.7 Å². The van der Waals surface area contributed by atoms with Crippen molar-refractivity contribution in [1.29, 1.82) is 0 Å². The van der Waals surface area contributed by atoms with Crippen LogP contribution in [0.2, 0.25) is 0 Å². The van der Waals surface area contributed by atoms with Crippen molar-refractivity contribution in [2.45, 2.75) is 19.2 Å². The summed E-state index contributed by atoms with van der Waals surface area (Å²) >= 11 is 0. The molecule has 76 valence electrons. The van der Waals surface area contributed by atoms with Gasteiger partial charge in [0.1, 0.15) is 0 Å². The van der Waals surface area contributed by atoms with Gasteiger partial charge < -0.3 is 0 Å². The van der Waals surface area contributed by atoms with Crippen LogP contribution in [0.4, 0.5) is 0 Å². The van der Waals surface area contributed by atoms with Crippen molar-refractivity contribution in [3.63, 3.8) is 0 Å². The quantitative estimate of drug-likeness (QED) is 0.581. The number of nitrogens with zero attached hydrogens (tertiary/aromatic N) is 1. The maximum absolute atomic E-state index is 11.3. The van der Waals surface area contributed by atoms with Gasteiger partial charge in [-0.1, -0.05) is 0 Å². The molecule has 0 saturated carbocycles. The van der Waals surface area contributed by atoms with E-state index in [1.807, 2.05) is 0 Å². The average Bonchev–Trinajstić information content (AvgIpc) is 2.10. The van der Waals surface area contributed by atoms with E-state index in [0.29, 0.717) is 16.8 Å². The third kappa shape index (κ3) is 1.44. The number of nitrogens with one attached hydrogen (secondary N) is 2. The van der Waals surface area contributed by atoms with Crippen LogP contribution in [-0.4, -0.2) is 18.6 Å². The first-order chi connectivity index (χ1) is 6.49. The number of rotatable bonds is 0. The number of aryl methyl sites for hydroxylation is 1. The summed E-state index contributed by atoms with van der Waals surface area (Å²) < 4.78 is 24.8. The minimum atomic E-state index is -3.28. The first kappa shape index (κ1) is 9.35. The van der Waals surface area contributed by atoms with Crippen molar-refractivity contribution in [1.82, 2.24) is 14.9 Å². The van der Waals surface area contributed by atoms with E-state index >= 15 is 0 Å². The van der Waals surface area contributed by atoms with Gasteiger partial charge in [0.25, 0.3) is 5.56 Å². The van der Waals surface area contributed by atoms with Gasteiger partial charge in [0.2, 0.25) is 10.0 Å². The third-order valence-electron chi connectivity index (χ3n) is 2.20. The molecule has 0 aliphatic carbocycles. The van der Waals surface area contributed by atoms with Gasteiger partial charge in [0.15, 0.2) is 0 Å². The molecule has 1 aromatic heterocycles. The molecule has 7 heteroatoms. The first-order valence-electron chi connectivity index (χ1n) is 4.04. The summed E-state index contributed by atoms with van der Waals surface area (Å²) in [6.07, 6.45) is 0. The van der Waals surface area contributed by atoms with Crippen LogP contribution in [-0.2, 0) is 22.3 Å². The smallest absolute Gasteiger partial charge is 0.268 e. The zero-order chi connectivity index (χ0) is 10.3. The predicted octanol–water partition coefficient (Wildman–Crippen LogP) is -0.989. The van der Waals surface area contributed by atoms with Crippen LogP contribution < -0.4 is 10.3 Å². The third-order valence-corrected chi connectivity index (χ3v) is 3.46. The number of hydrogen-bond acceptors (Lipinski definition) is 4. The Kier molecular flexibility index (Phi) is 1.93. The normalized spacial score (nSPS) is 18.9. The Morgan fingerprint density at radius 1 is 1.36 bits per heavy atom. The molecule has 2 heterocycles. The molecule has 0 radical (unpaired) electrons. The predicted molar refractivity (Wildman–Crippen MR) is 49.1 cm³/mol. The van der Waals surface area contributed by atoms with Crippen molar-refractivity contribution < 1.29 is 8.42 Å². The number of H-pyrrole nitrogens is 1. The Hall–Kier alpha value is -1.21. The minimum absolute atomic E-state index is 0.0519. The molecule has 0 amide bonds. The van der Waals surface area contributed by atoms with E-state index in [2.05, 4.69) is 14.9 Å². The van der Waals surface area contributed by atoms with Crippen LogP contribution in [0, 0.1) is 6.92 Å². The Morgan fingerprint density at radius 3 is 2.79 bits per heavy atom. The molecule has 0 spiro atoms. The number of fused-ring (bicyclic) bond motifs is 1. The second-order valence-electron chi connectivity index (χ2n) is 3.18. The second-order valence-corrected chi connectivity index (χ2v) is 4.98. The van der Waals surface area contributed by atoms with Crippen molar-refractivity contribution in [2.75, 3.05) is 0 Å². The molecular weight excluding hydrogens is 206 g/mol. The van der Waals surface area contributed by atoms with Crippen molar-refractivity contribution >= 4 is 10.0 Å². The molecule has 0 saturated heterocycles. The molecule has 0 fully saturated rings. The summed E-state index contributed by atoms with van der Waals surface area (Å²) in [5.74, 6) is -0.162. The Bertz CT molecular complexity index is 532. The highest BCUT2D eigenvalue weighted by molar-refractivity contribution is 7.88. The molecule has 2 N–H and O–H groups in total. The second kappa shape index (κ2) is 2.89. The van der Waals surface area contributed by atoms with Crippen LogP contribution in [0.1, 0.15) is 16.8 Å². The van der Waals surface area contributed by atoms with Gasteiger partial charge in [-0.25, -0.2) is 18.2 Å². The van der Waals surface area contributed by atoms with Gasteiger partial charge in [-0.2, -0.15) is 5.10 Å². The van der Waals surface area contributed by atoms with Gasteiger partial charge in [-0.3, -0.25) is 4.79 Å². The molecule has 14 heavy (non-hydrogen) atoms. The van der Waals surface area contributed by atoms with E-state index in [1.165, 1.54) is 0 Å². The van der Waals surface area contributed by atoms with Gasteiger partial charge in [-0.15, -0.1) is 0 Å². The summed E-state index contributed by atoms with van der Waals surface area (Å²) in [5, 5.41) is 6.04. The molecular formula is C7H9N3O3S. The molecule has 1 aromatic rings. The van der Waals surface area contributed by atoms with Crippen LogP contribution >= 0.6 is 0 Å². The van der Waals surface area contributed by atoms with E-state index in [4.69, 9.17) is 0 Å². The van der Waals surface area contributed by atoms with E-state index in [-0.39, 0.29) is 17.9 Å². The highest BCUT2D eigenvalue weighted by atomic mass is 32.2. The Balaban J connectivity index is 2.68. The molecule has 1 aliphatic rings. The largest absolute Gasteiger partial charge is 0.269 e. The lowest BCUT2D eigenvalue weighted by Crippen LogP contribution is -2.35. The SMILES string of the molecule is Cc1n[nH]c(=O)c2c1CS(=O)(=O)NC2. The number of aromatic nitrogens is 2. The monoisotopic (exact) mass is 215 g/mol. The lowest BCUT2D eigenvalue weighted by molar-refractivity contribution is 0.573. The van der Waals surface area contributed by atoms with Crippen molar-refractivity contribution in [3.05, 3.63) is 27.2 Å².